The third kappa shape index (κ3) is 3.20. The molecule has 2 atom stereocenters. The number of fused-ring (bicyclic) bond motifs is 3. The van der Waals surface area contributed by atoms with Crippen molar-refractivity contribution in [2.75, 3.05) is 7.11 Å². The topological polar surface area (TPSA) is 113 Å². The molecule has 0 amide bonds. The van der Waals surface area contributed by atoms with Gasteiger partial charge in [0.1, 0.15) is 0 Å². The molecule has 3 aliphatic rings. The Morgan fingerprint density at radius 1 is 1.18 bits per heavy atom. The molecule has 0 fully saturated rings. The fraction of sp³-hybridized carbons (Fsp3) is 0.250. The molecule has 0 saturated heterocycles. The van der Waals surface area contributed by atoms with Gasteiger partial charge in [-0.2, -0.15) is 0 Å². The van der Waals surface area contributed by atoms with Gasteiger partial charge in [-0.25, -0.2) is 23.5 Å². The first-order chi connectivity index (χ1) is 16.2. The maximum atomic E-state index is 13.0. The van der Waals surface area contributed by atoms with Crippen molar-refractivity contribution in [3.05, 3.63) is 84.2 Å². The van der Waals surface area contributed by atoms with E-state index in [1.165, 1.54) is 35.7 Å². The lowest BCUT2D eigenvalue weighted by Gasteiger charge is -2.38. The van der Waals surface area contributed by atoms with Crippen LogP contribution >= 0.6 is 15.9 Å². The molecule has 2 aromatic rings. The van der Waals surface area contributed by atoms with Crippen LogP contribution in [0.5, 0.6) is 11.5 Å². The molecule has 1 N–H and O–H groups in total. The summed E-state index contributed by atoms with van der Waals surface area (Å²) in [4.78, 5) is 51.5. The number of methoxy groups -OCH3 is 1. The molecule has 10 heteroatoms. The number of phenolic OH excluding ortho intramolecular Hbond substituents is 1. The number of ether oxygens (including phenoxy) is 1. The van der Waals surface area contributed by atoms with Crippen LogP contribution in [-0.2, 0) is 23.2 Å². The molecule has 0 bridgehead atoms. The number of carbonyl (C=O) groups is 2. The highest BCUT2D eigenvalue weighted by molar-refractivity contribution is 9.12. The first kappa shape index (κ1) is 22.1. The largest absolute Gasteiger partial charge is 0.504 e. The molecule has 0 unspecified atom stereocenters. The van der Waals surface area contributed by atoms with Gasteiger partial charge in [0.2, 0.25) is 0 Å². The number of nitrogens with zero attached hydrogens (tertiary/aromatic N) is 3. The standard InChI is InChI=1S/C24H20BrN3O6/c1-26-23(32)27-8-7-13-14(5-3-12-4-6-18(29)20(9-12)34-2)21-15(10-17(13)28(27)24(26)33)22(31)16(25)11-19(21)30/h3-7,9,11,14,17,29H,8,10H2,1-2H3/t14-,17+/m0/s1. The monoisotopic (exact) mass is 525 g/mol. The predicted molar refractivity (Wildman–Crippen MR) is 127 cm³/mol. The molecule has 0 spiro atoms. The van der Waals surface area contributed by atoms with Gasteiger partial charge in [0.05, 0.1) is 24.2 Å². The van der Waals surface area contributed by atoms with E-state index >= 15 is 0 Å². The SMILES string of the molecule is COc1cc(C=C[C@H]2C3=CCn4c(=O)n(C)c(=O)n4[C@@H]3CC3=C2C(=O)C=C(Br)C3=O)ccc1O. The number of aromatic hydroxyl groups is 1. The second-order valence-corrected chi connectivity index (χ2v) is 9.18. The lowest BCUT2D eigenvalue weighted by molar-refractivity contribution is -0.116. The van der Waals surface area contributed by atoms with Gasteiger partial charge < -0.3 is 9.84 Å². The number of phenols is 1. The Morgan fingerprint density at radius 3 is 2.68 bits per heavy atom. The van der Waals surface area contributed by atoms with Crippen LogP contribution in [0.15, 0.2) is 67.2 Å². The maximum absolute atomic E-state index is 13.0. The summed E-state index contributed by atoms with van der Waals surface area (Å²) < 4.78 is 9.12. The fourth-order valence-corrected chi connectivity index (χ4v) is 5.32. The van der Waals surface area contributed by atoms with Gasteiger partial charge in [0.25, 0.3) is 0 Å². The van der Waals surface area contributed by atoms with E-state index in [1.807, 2.05) is 6.08 Å². The molecular weight excluding hydrogens is 506 g/mol. The number of hydrogen-bond donors (Lipinski definition) is 1. The molecule has 5 rings (SSSR count). The lowest BCUT2D eigenvalue weighted by atomic mass is 9.71. The minimum atomic E-state index is -0.576. The van der Waals surface area contributed by atoms with Crippen molar-refractivity contribution in [2.45, 2.75) is 19.0 Å². The zero-order chi connectivity index (χ0) is 24.3. The zero-order valence-electron chi connectivity index (χ0n) is 18.3. The molecule has 2 aliphatic carbocycles. The summed E-state index contributed by atoms with van der Waals surface area (Å²) in [6.07, 6.45) is 6.85. The van der Waals surface area contributed by atoms with Crippen molar-refractivity contribution in [1.29, 1.82) is 0 Å². The summed E-state index contributed by atoms with van der Waals surface area (Å²) in [6.45, 7) is 0.183. The molecule has 34 heavy (non-hydrogen) atoms. The molecule has 174 valence electrons. The minimum absolute atomic E-state index is 0.00169. The Hall–Kier alpha value is -3.66. The van der Waals surface area contributed by atoms with E-state index in [2.05, 4.69) is 15.9 Å². The van der Waals surface area contributed by atoms with Crippen LogP contribution in [0.25, 0.3) is 6.08 Å². The quantitative estimate of drug-likeness (QED) is 0.484. The van der Waals surface area contributed by atoms with Crippen molar-refractivity contribution in [3.8, 4) is 11.5 Å². The van der Waals surface area contributed by atoms with E-state index in [9.17, 15) is 24.3 Å². The Morgan fingerprint density at radius 2 is 1.94 bits per heavy atom. The van der Waals surface area contributed by atoms with Gasteiger partial charge in [-0.1, -0.05) is 24.3 Å². The van der Waals surface area contributed by atoms with Crippen molar-refractivity contribution in [2.24, 2.45) is 13.0 Å². The maximum Gasteiger partial charge on any atom is 0.347 e. The Labute approximate surface area is 201 Å². The van der Waals surface area contributed by atoms with Crippen LogP contribution in [0, 0.1) is 5.92 Å². The molecule has 0 radical (unpaired) electrons. The van der Waals surface area contributed by atoms with Crippen molar-refractivity contribution >= 4 is 33.6 Å². The number of Topliss-reactive ketones (excluding diaryl/α,β-unsaturated/α-hetero) is 1. The Kier molecular flexibility index (Phi) is 5.20. The van der Waals surface area contributed by atoms with Gasteiger partial charge in [-0.3, -0.25) is 9.59 Å². The fourth-order valence-electron chi connectivity index (χ4n) is 4.87. The molecule has 1 aromatic heterocycles. The Balaban J connectivity index is 1.67. The van der Waals surface area contributed by atoms with Crippen molar-refractivity contribution in [1.82, 2.24) is 13.9 Å². The summed E-state index contributed by atoms with van der Waals surface area (Å²) in [5, 5.41) is 9.87. The number of hydrogen-bond acceptors (Lipinski definition) is 6. The van der Waals surface area contributed by atoms with E-state index in [1.54, 1.807) is 24.3 Å². The first-order valence-corrected chi connectivity index (χ1v) is 11.3. The highest BCUT2D eigenvalue weighted by Crippen LogP contribution is 2.46. The number of rotatable bonds is 3. The second-order valence-electron chi connectivity index (χ2n) is 8.32. The third-order valence-corrected chi connectivity index (χ3v) is 7.11. The third-order valence-electron chi connectivity index (χ3n) is 6.52. The van der Waals surface area contributed by atoms with Gasteiger partial charge in [-0.15, -0.1) is 0 Å². The summed E-state index contributed by atoms with van der Waals surface area (Å²) in [7, 11) is 2.87. The summed E-state index contributed by atoms with van der Waals surface area (Å²) in [6, 6.07) is 4.28. The van der Waals surface area contributed by atoms with E-state index in [4.69, 9.17) is 4.74 Å². The first-order valence-electron chi connectivity index (χ1n) is 10.6. The Bertz CT molecular complexity index is 1510. The minimum Gasteiger partial charge on any atom is -0.504 e. The lowest BCUT2D eigenvalue weighted by Crippen LogP contribution is -2.40. The molecule has 1 aliphatic heterocycles. The highest BCUT2D eigenvalue weighted by atomic mass is 79.9. The zero-order valence-corrected chi connectivity index (χ0v) is 19.9. The van der Waals surface area contributed by atoms with Crippen LogP contribution in [0.1, 0.15) is 18.0 Å². The summed E-state index contributed by atoms with van der Waals surface area (Å²) in [5.41, 5.74) is 1.29. The molecular formula is C24H20BrN3O6. The van der Waals surface area contributed by atoms with Gasteiger partial charge in [0.15, 0.2) is 23.1 Å². The average Bonchev–Trinajstić information content (AvgIpc) is 3.05. The summed E-state index contributed by atoms with van der Waals surface area (Å²) >= 11 is 3.18. The predicted octanol–water partition coefficient (Wildman–Crippen LogP) is 2.00. The molecule has 0 saturated carbocycles. The normalized spacial score (nSPS) is 21.7. The van der Waals surface area contributed by atoms with Crippen molar-refractivity contribution in [3.63, 3.8) is 0 Å². The van der Waals surface area contributed by atoms with Gasteiger partial charge in [-0.05, 0) is 39.2 Å². The van der Waals surface area contributed by atoms with Crippen LogP contribution < -0.4 is 16.1 Å². The number of halogens is 1. The molecule has 9 nitrogen and oxygen atoms in total. The number of ketones is 2. The summed E-state index contributed by atoms with van der Waals surface area (Å²) in [5.74, 6) is -0.848. The molecule has 2 heterocycles. The van der Waals surface area contributed by atoms with Gasteiger partial charge >= 0.3 is 11.4 Å². The van der Waals surface area contributed by atoms with Crippen LogP contribution in [-0.4, -0.2) is 37.7 Å². The smallest absolute Gasteiger partial charge is 0.347 e. The van der Waals surface area contributed by atoms with Crippen LogP contribution in [0.3, 0.4) is 0 Å². The van der Waals surface area contributed by atoms with E-state index in [-0.39, 0.29) is 34.8 Å². The number of benzene rings is 1. The van der Waals surface area contributed by atoms with Crippen LogP contribution in [0.4, 0.5) is 0 Å². The van der Waals surface area contributed by atoms with Gasteiger partial charge in [0, 0.05) is 36.6 Å². The average molecular weight is 526 g/mol. The number of aromatic nitrogens is 3. The molecule has 1 aromatic carbocycles. The van der Waals surface area contributed by atoms with E-state index in [0.717, 1.165) is 15.7 Å². The van der Waals surface area contributed by atoms with Crippen molar-refractivity contribution < 1.29 is 19.4 Å². The number of allylic oxidation sites excluding steroid dienone is 7. The van der Waals surface area contributed by atoms with E-state index in [0.29, 0.717) is 16.9 Å². The van der Waals surface area contributed by atoms with E-state index < -0.39 is 23.3 Å². The highest BCUT2D eigenvalue weighted by Gasteiger charge is 2.43. The number of carbonyl (C=O) groups excluding carboxylic acids is 2. The second kappa shape index (κ2) is 7.98. The van der Waals surface area contributed by atoms with Crippen LogP contribution in [0.2, 0.25) is 0 Å².